The number of methoxy groups -OCH3 is 1. The minimum Gasteiger partial charge on any atom is -0.497 e. The zero-order valence-electron chi connectivity index (χ0n) is 16.2. The second-order valence-corrected chi connectivity index (χ2v) is 6.37. The summed E-state index contributed by atoms with van der Waals surface area (Å²) in [5.41, 5.74) is 1.09. The van der Waals surface area contributed by atoms with Crippen LogP contribution in [0.2, 0.25) is 0 Å². The number of carbonyl (C=O) groups is 1. The van der Waals surface area contributed by atoms with Crippen molar-refractivity contribution in [2.75, 3.05) is 19.0 Å². The zero-order chi connectivity index (χ0) is 21.5. The lowest BCUT2D eigenvalue weighted by atomic mass is 10.1. The van der Waals surface area contributed by atoms with E-state index >= 15 is 0 Å². The van der Waals surface area contributed by atoms with Crippen molar-refractivity contribution in [2.45, 2.75) is 13.0 Å². The summed E-state index contributed by atoms with van der Waals surface area (Å²) in [4.78, 5) is 23.9. The van der Waals surface area contributed by atoms with Crippen molar-refractivity contribution in [3.63, 3.8) is 0 Å². The number of aryl methyl sites for hydroxylation is 1. The summed E-state index contributed by atoms with van der Waals surface area (Å²) in [6.07, 6.45) is 0.429. The number of amides is 2. The fraction of sp³-hybridized carbons (Fsp3) is 0.190. The van der Waals surface area contributed by atoms with Gasteiger partial charge in [0.05, 0.1) is 18.5 Å². The Bertz CT molecular complexity index is 1080. The summed E-state index contributed by atoms with van der Waals surface area (Å²) in [6, 6.07) is 12.6. The smallest absolute Gasteiger partial charge is 0.319 e. The molecule has 0 saturated carbocycles. The first-order valence-corrected chi connectivity index (χ1v) is 9.19. The highest BCUT2D eigenvalue weighted by Crippen LogP contribution is 2.19. The van der Waals surface area contributed by atoms with E-state index in [1.165, 1.54) is 10.7 Å². The molecular weight excluding hydrogens is 394 g/mol. The summed E-state index contributed by atoms with van der Waals surface area (Å²) in [5.74, 6) is -0.874. The van der Waals surface area contributed by atoms with Crippen molar-refractivity contribution >= 4 is 11.7 Å². The van der Waals surface area contributed by atoms with E-state index in [1.54, 1.807) is 25.3 Å². The molecule has 0 spiro atoms. The second-order valence-electron chi connectivity index (χ2n) is 6.37. The summed E-state index contributed by atoms with van der Waals surface area (Å²) in [7, 11) is 1.58. The number of carbonyl (C=O) groups excluding carboxylic acids is 1. The van der Waals surface area contributed by atoms with E-state index in [9.17, 15) is 18.4 Å². The zero-order valence-corrected chi connectivity index (χ0v) is 16.2. The van der Waals surface area contributed by atoms with Gasteiger partial charge in [0, 0.05) is 30.8 Å². The lowest BCUT2D eigenvalue weighted by Gasteiger charge is -2.10. The molecular formula is C21H20F2N4O3. The number of benzene rings is 2. The summed E-state index contributed by atoms with van der Waals surface area (Å²) in [5, 5.41) is 9.21. The number of anilines is 1. The summed E-state index contributed by atoms with van der Waals surface area (Å²) < 4.78 is 32.9. The van der Waals surface area contributed by atoms with Crippen molar-refractivity contribution in [1.29, 1.82) is 0 Å². The molecule has 0 fully saturated rings. The highest BCUT2D eigenvalue weighted by molar-refractivity contribution is 5.89. The van der Waals surface area contributed by atoms with Crippen molar-refractivity contribution < 1.29 is 18.3 Å². The Hall–Kier alpha value is -3.75. The van der Waals surface area contributed by atoms with Gasteiger partial charge >= 0.3 is 6.03 Å². The maximum Gasteiger partial charge on any atom is 0.319 e. The van der Waals surface area contributed by atoms with Gasteiger partial charge in [-0.15, -0.1) is 0 Å². The molecule has 1 aromatic heterocycles. The second kappa shape index (κ2) is 9.64. The number of nitrogens with zero attached hydrogens (tertiary/aromatic N) is 2. The quantitative estimate of drug-likeness (QED) is 0.581. The topological polar surface area (TPSA) is 85.2 Å². The Labute approximate surface area is 171 Å². The molecule has 0 radical (unpaired) electrons. The van der Waals surface area contributed by atoms with Crippen LogP contribution in [0.3, 0.4) is 0 Å². The third-order valence-corrected chi connectivity index (χ3v) is 4.26. The molecule has 0 bridgehead atoms. The first-order valence-electron chi connectivity index (χ1n) is 9.19. The number of halogens is 2. The average molecular weight is 414 g/mol. The highest BCUT2D eigenvalue weighted by atomic mass is 19.1. The Morgan fingerprint density at radius 1 is 1.10 bits per heavy atom. The molecule has 2 amide bonds. The molecule has 3 rings (SSSR count). The number of rotatable bonds is 7. The van der Waals surface area contributed by atoms with Gasteiger partial charge in [0.2, 0.25) is 0 Å². The highest BCUT2D eigenvalue weighted by Gasteiger charge is 2.08. The SMILES string of the molecule is COc1ccc(-c2ccc(=O)n(CCCNC(=O)Nc3ccc(F)cc3F)n2)cc1. The van der Waals surface area contributed by atoms with Gasteiger partial charge in [0.15, 0.2) is 0 Å². The number of ether oxygens (including phenoxy) is 1. The van der Waals surface area contributed by atoms with E-state index in [0.29, 0.717) is 18.2 Å². The summed E-state index contributed by atoms with van der Waals surface area (Å²) >= 11 is 0. The van der Waals surface area contributed by atoms with E-state index in [0.717, 1.165) is 23.4 Å². The molecule has 0 atom stereocenters. The van der Waals surface area contributed by atoms with Gasteiger partial charge in [-0.05, 0) is 48.9 Å². The van der Waals surface area contributed by atoms with Crippen LogP contribution in [0.25, 0.3) is 11.3 Å². The van der Waals surface area contributed by atoms with E-state index in [4.69, 9.17) is 4.74 Å². The van der Waals surface area contributed by atoms with Crippen molar-refractivity contribution in [1.82, 2.24) is 15.1 Å². The van der Waals surface area contributed by atoms with Crippen LogP contribution < -0.4 is 20.9 Å². The lowest BCUT2D eigenvalue weighted by molar-refractivity contribution is 0.251. The maximum atomic E-state index is 13.5. The van der Waals surface area contributed by atoms with Gasteiger partial charge in [-0.3, -0.25) is 4.79 Å². The van der Waals surface area contributed by atoms with E-state index < -0.39 is 17.7 Å². The van der Waals surface area contributed by atoms with E-state index in [-0.39, 0.29) is 24.3 Å². The summed E-state index contributed by atoms with van der Waals surface area (Å²) in [6.45, 7) is 0.517. The molecule has 7 nitrogen and oxygen atoms in total. The number of urea groups is 1. The molecule has 3 aromatic rings. The molecule has 0 aliphatic rings. The number of nitrogens with one attached hydrogen (secondary N) is 2. The van der Waals surface area contributed by atoms with Crippen LogP contribution in [0, 0.1) is 11.6 Å². The van der Waals surface area contributed by atoms with Gasteiger partial charge in [0.1, 0.15) is 17.4 Å². The Morgan fingerprint density at radius 3 is 2.57 bits per heavy atom. The predicted molar refractivity (Wildman–Crippen MR) is 108 cm³/mol. The maximum absolute atomic E-state index is 13.5. The van der Waals surface area contributed by atoms with Crippen molar-refractivity contribution in [2.24, 2.45) is 0 Å². The molecule has 1 heterocycles. The monoisotopic (exact) mass is 414 g/mol. The molecule has 2 aromatic carbocycles. The van der Waals surface area contributed by atoms with Crippen LogP contribution in [0.15, 0.2) is 59.4 Å². The fourth-order valence-corrected chi connectivity index (χ4v) is 2.71. The molecule has 9 heteroatoms. The van der Waals surface area contributed by atoms with Crippen LogP contribution in [0.5, 0.6) is 5.75 Å². The van der Waals surface area contributed by atoms with Crippen molar-refractivity contribution in [3.05, 3.63) is 76.6 Å². The van der Waals surface area contributed by atoms with Crippen LogP contribution >= 0.6 is 0 Å². The lowest BCUT2D eigenvalue weighted by Crippen LogP contribution is -2.31. The number of aromatic nitrogens is 2. The predicted octanol–water partition coefficient (Wildman–Crippen LogP) is 3.41. The normalized spacial score (nSPS) is 10.5. The van der Waals surface area contributed by atoms with E-state index in [2.05, 4.69) is 15.7 Å². The average Bonchev–Trinajstić information content (AvgIpc) is 2.74. The number of hydrogen-bond acceptors (Lipinski definition) is 4. The van der Waals surface area contributed by atoms with Gasteiger partial charge in [-0.1, -0.05) is 0 Å². The molecule has 30 heavy (non-hydrogen) atoms. The minimum absolute atomic E-state index is 0.126. The van der Waals surface area contributed by atoms with Crippen LogP contribution in [0.4, 0.5) is 19.3 Å². The molecule has 0 aliphatic heterocycles. The fourth-order valence-electron chi connectivity index (χ4n) is 2.71. The Balaban J connectivity index is 1.54. The molecule has 0 saturated heterocycles. The molecule has 156 valence electrons. The van der Waals surface area contributed by atoms with Gasteiger partial charge in [-0.2, -0.15) is 5.10 Å². The Morgan fingerprint density at radius 2 is 1.87 bits per heavy atom. The van der Waals surface area contributed by atoms with E-state index in [1.807, 2.05) is 12.1 Å². The molecule has 0 aliphatic carbocycles. The first-order chi connectivity index (χ1) is 14.5. The number of hydrogen-bond donors (Lipinski definition) is 2. The molecule has 2 N–H and O–H groups in total. The van der Waals surface area contributed by atoms with Gasteiger partial charge < -0.3 is 15.4 Å². The van der Waals surface area contributed by atoms with Crippen LogP contribution in [-0.4, -0.2) is 29.5 Å². The Kier molecular flexibility index (Phi) is 6.74. The third-order valence-electron chi connectivity index (χ3n) is 4.26. The third kappa shape index (κ3) is 5.40. The van der Waals surface area contributed by atoms with Crippen LogP contribution in [-0.2, 0) is 6.54 Å². The van der Waals surface area contributed by atoms with Crippen molar-refractivity contribution in [3.8, 4) is 17.0 Å². The van der Waals surface area contributed by atoms with Gasteiger partial charge in [-0.25, -0.2) is 18.3 Å². The first kappa shape index (κ1) is 21.0. The van der Waals surface area contributed by atoms with Crippen LogP contribution in [0.1, 0.15) is 6.42 Å². The van der Waals surface area contributed by atoms with Gasteiger partial charge in [0.25, 0.3) is 5.56 Å². The minimum atomic E-state index is -0.865. The molecule has 0 unspecified atom stereocenters. The largest absolute Gasteiger partial charge is 0.497 e. The standard InChI is InChI=1S/C21H20F2N4O3/c1-30-16-6-3-14(4-7-16)18-9-10-20(28)27(26-18)12-2-11-24-21(29)25-19-8-5-15(22)13-17(19)23/h3-10,13H,2,11-12H2,1H3,(H2,24,25,29).